The predicted octanol–water partition coefficient (Wildman–Crippen LogP) is 4.03. The quantitative estimate of drug-likeness (QED) is 0.202. The van der Waals surface area contributed by atoms with Crippen LogP contribution in [-0.2, 0) is 32.1 Å². The molecule has 10 nitrogen and oxygen atoms in total. The van der Waals surface area contributed by atoms with E-state index >= 15 is 0 Å². The summed E-state index contributed by atoms with van der Waals surface area (Å²) in [6, 6.07) is 22.8. The standard InChI is InChI=1S/C32H32N4O6/c1-20(41-17-21-9-3-2-4-10-21)29(31(38)39)36-30(37)28(15-22-16-33-19-34-22)35-32(40)42-18-27-25-13-7-5-11-23(25)24-12-6-8-14-26(24)27/h2-14,16,19-20,27-29H,15,17-18H2,1H3,(H,33,34)(H,35,40)(H,36,37)(H,38,39)/t20-,28+,29+/m1/s1. The minimum absolute atomic E-state index is 0.0433. The lowest BCUT2D eigenvalue weighted by molar-refractivity contribution is -0.146. The van der Waals surface area contributed by atoms with Gasteiger partial charge in [0.25, 0.3) is 0 Å². The maximum absolute atomic E-state index is 13.4. The van der Waals surface area contributed by atoms with E-state index in [1.54, 1.807) is 6.92 Å². The molecule has 3 aromatic carbocycles. The van der Waals surface area contributed by atoms with Gasteiger partial charge in [0.1, 0.15) is 12.6 Å². The molecule has 1 aliphatic rings. The SMILES string of the molecule is C[C@@H](OCc1ccccc1)[C@H](NC(=O)[C@H](Cc1cnc[nH]1)NC(=O)OCC1c2ccccc2-c2ccccc21)C(=O)O. The summed E-state index contributed by atoms with van der Waals surface area (Å²) in [6.07, 6.45) is 1.38. The summed E-state index contributed by atoms with van der Waals surface area (Å²) in [5.74, 6) is -2.10. The first-order valence-electron chi connectivity index (χ1n) is 13.7. The average molecular weight is 569 g/mol. The van der Waals surface area contributed by atoms with Gasteiger partial charge in [0.15, 0.2) is 6.04 Å². The third kappa shape index (κ3) is 6.67. The molecule has 216 valence electrons. The van der Waals surface area contributed by atoms with E-state index in [-0.39, 0.29) is 25.6 Å². The number of aromatic nitrogens is 2. The number of aromatic amines is 1. The Morgan fingerprint density at radius 3 is 2.19 bits per heavy atom. The lowest BCUT2D eigenvalue weighted by Gasteiger charge is -2.25. The fourth-order valence-corrected chi connectivity index (χ4v) is 5.14. The number of hydrogen-bond donors (Lipinski definition) is 4. The highest BCUT2D eigenvalue weighted by Gasteiger charge is 2.33. The molecule has 0 aliphatic heterocycles. The van der Waals surface area contributed by atoms with Crippen molar-refractivity contribution in [1.82, 2.24) is 20.6 Å². The van der Waals surface area contributed by atoms with E-state index in [4.69, 9.17) is 9.47 Å². The van der Waals surface area contributed by atoms with Gasteiger partial charge in [0.05, 0.1) is 19.0 Å². The van der Waals surface area contributed by atoms with Crippen molar-refractivity contribution in [2.75, 3.05) is 6.61 Å². The molecule has 4 aromatic rings. The van der Waals surface area contributed by atoms with Crippen molar-refractivity contribution in [2.45, 2.75) is 44.1 Å². The fourth-order valence-electron chi connectivity index (χ4n) is 5.14. The van der Waals surface area contributed by atoms with Crippen LogP contribution in [0.15, 0.2) is 91.4 Å². The normalized spacial score (nSPS) is 14.2. The van der Waals surface area contributed by atoms with Gasteiger partial charge in [0, 0.05) is 24.2 Å². The van der Waals surface area contributed by atoms with Crippen molar-refractivity contribution in [3.05, 3.63) is 114 Å². The second-order valence-corrected chi connectivity index (χ2v) is 10.1. The highest BCUT2D eigenvalue weighted by atomic mass is 16.5. The molecule has 0 unspecified atom stereocenters. The number of H-pyrrole nitrogens is 1. The lowest BCUT2D eigenvalue weighted by atomic mass is 9.98. The third-order valence-electron chi connectivity index (χ3n) is 7.32. The molecule has 5 rings (SSSR count). The van der Waals surface area contributed by atoms with Crippen LogP contribution in [0.2, 0.25) is 0 Å². The van der Waals surface area contributed by atoms with Crippen molar-refractivity contribution in [2.24, 2.45) is 0 Å². The number of fused-ring (bicyclic) bond motifs is 3. The molecule has 0 radical (unpaired) electrons. The summed E-state index contributed by atoms with van der Waals surface area (Å²) in [4.78, 5) is 45.3. The number of rotatable bonds is 12. The topological polar surface area (TPSA) is 143 Å². The van der Waals surface area contributed by atoms with Crippen LogP contribution in [0.4, 0.5) is 4.79 Å². The number of carbonyl (C=O) groups is 3. The van der Waals surface area contributed by atoms with Gasteiger partial charge in [-0.15, -0.1) is 0 Å². The zero-order valence-electron chi connectivity index (χ0n) is 23.0. The summed E-state index contributed by atoms with van der Waals surface area (Å²) in [6.45, 7) is 1.82. The fraction of sp³-hybridized carbons (Fsp3) is 0.250. The summed E-state index contributed by atoms with van der Waals surface area (Å²) >= 11 is 0. The van der Waals surface area contributed by atoms with Crippen molar-refractivity contribution in [3.63, 3.8) is 0 Å². The van der Waals surface area contributed by atoms with E-state index in [1.165, 1.54) is 12.5 Å². The number of hydrogen-bond acceptors (Lipinski definition) is 6. The highest BCUT2D eigenvalue weighted by molar-refractivity contribution is 5.89. The van der Waals surface area contributed by atoms with Crippen LogP contribution in [0.5, 0.6) is 0 Å². The molecule has 1 aliphatic carbocycles. The van der Waals surface area contributed by atoms with Crippen molar-refractivity contribution >= 4 is 18.0 Å². The van der Waals surface area contributed by atoms with Crippen LogP contribution < -0.4 is 10.6 Å². The van der Waals surface area contributed by atoms with Crippen molar-refractivity contribution < 1.29 is 29.0 Å². The first-order chi connectivity index (χ1) is 20.4. The molecular weight excluding hydrogens is 536 g/mol. The molecule has 2 amide bonds. The number of alkyl carbamates (subject to hydrolysis) is 1. The van der Waals surface area contributed by atoms with Gasteiger partial charge in [-0.3, -0.25) is 4.79 Å². The number of nitrogens with zero attached hydrogens (tertiary/aromatic N) is 1. The smallest absolute Gasteiger partial charge is 0.407 e. The Labute approximate surface area is 243 Å². The second kappa shape index (κ2) is 13.1. The van der Waals surface area contributed by atoms with Gasteiger partial charge in [-0.05, 0) is 34.7 Å². The van der Waals surface area contributed by atoms with E-state index in [0.29, 0.717) is 5.69 Å². The summed E-state index contributed by atoms with van der Waals surface area (Å²) in [5.41, 5.74) is 5.77. The molecule has 0 saturated heterocycles. The number of benzene rings is 3. The minimum atomic E-state index is -1.35. The van der Waals surface area contributed by atoms with Gasteiger partial charge < -0.3 is 30.2 Å². The van der Waals surface area contributed by atoms with Crippen LogP contribution in [0.3, 0.4) is 0 Å². The molecule has 1 aromatic heterocycles. The summed E-state index contributed by atoms with van der Waals surface area (Å²) in [7, 11) is 0. The lowest BCUT2D eigenvalue weighted by Crippen LogP contribution is -2.55. The zero-order chi connectivity index (χ0) is 29.5. The van der Waals surface area contributed by atoms with Gasteiger partial charge in [-0.2, -0.15) is 0 Å². The van der Waals surface area contributed by atoms with E-state index in [0.717, 1.165) is 27.8 Å². The Balaban J connectivity index is 1.24. The van der Waals surface area contributed by atoms with Gasteiger partial charge >= 0.3 is 12.1 Å². The second-order valence-electron chi connectivity index (χ2n) is 10.1. The zero-order valence-corrected chi connectivity index (χ0v) is 23.0. The molecule has 0 spiro atoms. The monoisotopic (exact) mass is 568 g/mol. The molecule has 4 N–H and O–H groups in total. The van der Waals surface area contributed by atoms with Crippen LogP contribution in [-0.4, -0.2) is 57.8 Å². The summed E-state index contributed by atoms with van der Waals surface area (Å²) < 4.78 is 11.4. The number of amides is 2. The van der Waals surface area contributed by atoms with Crippen LogP contribution in [0.25, 0.3) is 11.1 Å². The molecule has 0 fully saturated rings. The molecule has 3 atom stereocenters. The Morgan fingerprint density at radius 2 is 1.57 bits per heavy atom. The molecule has 0 saturated carbocycles. The minimum Gasteiger partial charge on any atom is -0.480 e. The molecular formula is C32H32N4O6. The third-order valence-corrected chi connectivity index (χ3v) is 7.32. The molecule has 0 bridgehead atoms. The van der Waals surface area contributed by atoms with Crippen LogP contribution in [0, 0.1) is 0 Å². The van der Waals surface area contributed by atoms with E-state index in [1.807, 2.05) is 78.9 Å². The predicted molar refractivity (Wildman–Crippen MR) is 155 cm³/mol. The maximum atomic E-state index is 13.4. The van der Waals surface area contributed by atoms with Crippen LogP contribution >= 0.6 is 0 Å². The largest absolute Gasteiger partial charge is 0.480 e. The Kier molecular flexibility index (Phi) is 8.93. The van der Waals surface area contributed by atoms with Crippen LogP contribution in [0.1, 0.15) is 35.2 Å². The Bertz CT molecular complexity index is 1480. The maximum Gasteiger partial charge on any atom is 0.407 e. The first-order valence-corrected chi connectivity index (χ1v) is 13.7. The van der Waals surface area contributed by atoms with Gasteiger partial charge in [-0.1, -0.05) is 78.9 Å². The molecule has 42 heavy (non-hydrogen) atoms. The van der Waals surface area contributed by atoms with E-state index < -0.39 is 36.2 Å². The Morgan fingerprint density at radius 1 is 0.929 bits per heavy atom. The van der Waals surface area contributed by atoms with Crippen molar-refractivity contribution in [1.29, 1.82) is 0 Å². The summed E-state index contributed by atoms with van der Waals surface area (Å²) in [5, 5.41) is 15.0. The highest BCUT2D eigenvalue weighted by Crippen LogP contribution is 2.44. The molecule has 10 heteroatoms. The average Bonchev–Trinajstić information content (AvgIpc) is 3.63. The molecule has 1 heterocycles. The number of imidazole rings is 1. The Hall–Kier alpha value is -4.96. The number of nitrogens with one attached hydrogen (secondary N) is 3. The van der Waals surface area contributed by atoms with E-state index in [9.17, 15) is 19.5 Å². The van der Waals surface area contributed by atoms with E-state index in [2.05, 4.69) is 20.6 Å². The number of ether oxygens (including phenoxy) is 2. The number of carbonyl (C=O) groups excluding carboxylic acids is 2. The number of carboxylic acid groups (broad SMARTS) is 1. The van der Waals surface area contributed by atoms with Crippen molar-refractivity contribution in [3.8, 4) is 11.1 Å². The van der Waals surface area contributed by atoms with Gasteiger partial charge in [0.2, 0.25) is 5.91 Å². The first kappa shape index (κ1) is 28.6. The number of carboxylic acids is 1. The van der Waals surface area contributed by atoms with Gasteiger partial charge in [-0.25, -0.2) is 14.6 Å². The number of aliphatic carboxylic acids is 1.